The Bertz CT molecular complexity index is 723. The predicted molar refractivity (Wildman–Crippen MR) is 103 cm³/mol. The molecule has 2 rings (SSSR count). The molecule has 2 aromatic rings. The molecule has 0 radical (unpaired) electrons. The van der Waals surface area contributed by atoms with Gasteiger partial charge in [-0.05, 0) is 36.8 Å². The van der Waals surface area contributed by atoms with E-state index >= 15 is 0 Å². The standard InChI is InChI=1S/C22H25NO3/c1-3-16-23(17-18-8-6-5-7-9-18)22(25)15-14-21(24)19-10-12-20(13-11-19)26-4-2/h3,5-13H,1,4,14-17H2,2H3. The van der Waals surface area contributed by atoms with Gasteiger partial charge in [-0.3, -0.25) is 9.59 Å². The average molecular weight is 351 g/mol. The number of benzene rings is 2. The minimum absolute atomic E-state index is 0.0420. The van der Waals surface area contributed by atoms with Gasteiger partial charge in [0.15, 0.2) is 5.78 Å². The van der Waals surface area contributed by atoms with E-state index in [-0.39, 0.29) is 24.5 Å². The Morgan fingerprint density at radius 2 is 1.73 bits per heavy atom. The maximum Gasteiger partial charge on any atom is 0.223 e. The number of hydrogen-bond acceptors (Lipinski definition) is 3. The monoisotopic (exact) mass is 351 g/mol. The molecular formula is C22H25NO3. The molecule has 0 saturated heterocycles. The normalized spacial score (nSPS) is 10.2. The predicted octanol–water partition coefficient (Wildman–Crippen LogP) is 4.26. The van der Waals surface area contributed by atoms with Gasteiger partial charge in [-0.2, -0.15) is 0 Å². The molecule has 0 saturated carbocycles. The third kappa shape index (κ3) is 5.88. The molecule has 4 nitrogen and oxygen atoms in total. The van der Waals surface area contributed by atoms with Crippen molar-refractivity contribution >= 4 is 11.7 Å². The smallest absolute Gasteiger partial charge is 0.223 e. The van der Waals surface area contributed by atoms with Gasteiger partial charge in [-0.1, -0.05) is 36.4 Å². The van der Waals surface area contributed by atoms with Crippen molar-refractivity contribution in [2.75, 3.05) is 13.2 Å². The SMILES string of the molecule is C=CCN(Cc1ccccc1)C(=O)CCC(=O)c1ccc(OCC)cc1. The Morgan fingerprint density at radius 3 is 2.35 bits per heavy atom. The number of nitrogens with zero attached hydrogens (tertiary/aromatic N) is 1. The molecule has 136 valence electrons. The minimum atomic E-state index is -0.0481. The van der Waals surface area contributed by atoms with E-state index in [4.69, 9.17) is 4.74 Å². The maximum atomic E-state index is 12.5. The molecule has 0 aliphatic rings. The summed E-state index contributed by atoms with van der Waals surface area (Å²) >= 11 is 0. The van der Waals surface area contributed by atoms with Crippen LogP contribution in [0.1, 0.15) is 35.7 Å². The van der Waals surface area contributed by atoms with Crippen LogP contribution in [0.15, 0.2) is 67.3 Å². The van der Waals surface area contributed by atoms with Crippen molar-refractivity contribution in [3.05, 3.63) is 78.4 Å². The van der Waals surface area contributed by atoms with E-state index in [9.17, 15) is 9.59 Å². The van der Waals surface area contributed by atoms with Crippen LogP contribution in [-0.4, -0.2) is 29.7 Å². The first kappa shape index (κ1) is 19.4. The first-order chi connectivity index (χ1) is 12.6. The van der Waals surface area contributed by atoms with Gasteiger partial charge in [0.25, 0.3) is 0 Å². The Kier molecular flexibility index (Phi) is 7.62. The second-order valence-corrected chi connectivity index (χ2v) is 5.93. The molecule has 0 aliphatic carbocycles. The lowest BCUT2D eigenvalue weighted by atomic mass is 10.1. The van der Waals surface area contributed by atoms with Crippen molar-refractivity contribution in [3.8, 4) is 5.75 Å². The highest BCUT2D eigenvalue weighted by Gasteiger charge is 2.15. The molecule has 0 bridgehead atoms. The lowest BCUT2D eigenvalue weighted by Gasteiger charge is -2.21. The summed E-state index contributed by atoms with van der Waals surface area (Å²) in [5.41, 5.74) is 1.65. The van der Waals surface area contributed by atoms with Crippen LogP contribution in [0.25, 0.3) is 0 Å². The molecule has 1 amide bonds. The maximum absolute atomic E-state index is 12.5. The van der Waals surface area contributed by atoms with Gasteiger partial charge in [0.2, 0.25) is 5.91 Å². The van der Waals surface area contributed by atoms with Crippen molar-refractivity contribution in [2.45, 2.75) is 26.3 Å². The second kappa shape index (κ2) is 10.2. The van der Waals surface area contributed by atoms with Gasteiger partial charge in [0.1, 0.15) is 5.75 Å². The Labute approximate surface area is 155 Å². The zero-order valence-electron chi connectivity index (χ0n) is 15.2. The van der Waals surface area contributed by atoms with Crippen molar-refractivity contribution in [1.82, 2.24) is 4.90 Å². The van der Waals surface area contributed by atoms with Crippen LogP contribution in [0, 0.1) is 0 Å². The second-order valence-electron chi connectivity index (χ2n) is 5.93. The number of Topliss-reactive ketones (excluding diaryl/α,β-unsaturated/α-hetero) is 1. The first-order valence-electron chi connectivity index (χ1n) is 8.82. The van der Waals surface area contributed by atoms with E-state index in [1.54, 1.807) is 35.2 Å². The van der Waals surface area contributed by atoms with Crippen LogP contribution in [0.5, 0.6) is 5.75 Å². The number of carbonyl (C=O) groups excluding carboxylic acids is 2. The first-order valence-corrected chi connectivity index (χ1v) is 8.82. The molecule has 0 unspecified atom stereocenters. The van der Waals surface area contributed by atoms with E-state index in [0.29, 0.717) is 25.3 Å². The fourth-order valence-electron chi connectivity index (χ4n) is 2.64. The Morgan fingerprint density at radius 1 is 1.04 bits per heavy atom. The van der Waals surface area contributed by atoms with Gasteiger partial charge in [-0.15, -0.1) is 6.58 Å². The Balaban J connectivity index is 1.91. The quantitative estimate of drug-likeness (QED) is 0.474. The molecular weight excluding hydrogens is 326 g/mol. The van der Waals surface area contributed by atoms with Gasteiger partial charge in [-0.25, -0.2) is 0 Å². The number of rotatable bonds is 10. The van der Waals surface area contributed by atoms with Crippen molar-refractivity contribution in [1.29, 1.82) is 0 Å². The van der Waals surface area contributed by atoms with Gasteiger partial charge in [0.05, 0.1) is 6.61 Å². The van der Waals surface area contributed by atoms with E-state index in [0.717, 1.165) is 11.3 Å². The fraction of sp³-hybridized carbons (Fsp3) is 0.273. The van der Waals surface area contributed by atoms with Gasteiger partial charge in [0, 0.05) is 31.5 Å². The summed E-state index contributed by atoms with van der Waals surface area (Å²) in [7, 11) is 0. The highest BCUT2D eigenvalue weighted by molar-refractivity contribution is 5.98. The van der Waals surface area contributed by atoms with Crippen LogP contribution in [0.2, 0.25) is 0 Å². The molecule has 0 heterocycles. The fourth-order valence-corrected chi connectivity index (χ4v) is 2.64. The summed E-state index contributed by atoms with van der Waals surface area (Å²) in [5.74, 6) is 0.646. The molecule has 0 atom stereocenters. The van der Waals surface area contributed by atoms with E-state index in [2.05, 4.69) is 6.58 Å². The molecule has 0 fully saturated rings. The molecule has 2 aromatic carbocycles. The summed E-state index contributed by atoms with van der Waals surface area (Å²) in [6.45, 7) is 7.20. The van der Waals surface area contributed by atoms with Crippen molar-refractivity contribution in [3.63, 3.8) is 0 Å². The van der Waals surface area contributed by atoms with E-state index < -0.39 is 0 Å². The number of hydrogen-bond donors (Lipinski definition) is 0. The molecule has 0 aliphatic heterocycles. The Hall–Kier alpha value is -2.88. The molecule has 0 N–H and O–H groups in total. The average Bonchev–Trinajstić information content (AvgIpc) is 2.67. The zero-order chi connectivity index (χ0) is 18.8. The summed E-state index contributed by atoms with van der Waals surface area (Å²) in [6, 6.07) is 16.8. The number of carbonyl (C=O) groups is 2. The minimum Gasteiger partial charge on any atom is -0.494 e. The summed E-state index contributed by atoms with van der Waals surface area (Å²) in [4.78, 5) is 26.6. The van der Waals surface area contributed by atoms with Crippen molar-refractivity contribution < 1.29 is 14.3 Å². The molecule has 0 aromatic heterocycles. The van der Waals surface area contributed by atoms with E-state index in [1.807, 2.05) is 37.3 Å². The molecule has 26 heavy (non-hydrogen) atoms. The van der Waals surface area contributed by atoms with Gasteiger partial charge >= 0.3 is 0 Å². The lowest BCUT2D eigenvalue weighted by molar-refractivity contribution is -0.131. The lowest BCUT2D eigenvalue weighted by Crippen LogP contribution is -2.30. The van der Waals surface area contributed by atoms with Crippen molar-refractivity contribution in [2.24, 2.45) is 0 Å². The highest BCUT2D eigenvalue weighted by atomic mass is 16.5. The van der Waals surface area contributed by atoms with Crippen LogP contribution in [0.4, 0.5) is 0 Å². The summed E-state index contributed by atoms with van der Waals surface area (Å²) in [5, 5.41) is 0. The van der Waals surface area contributed by atoms with Crippen LogP contribution in [0.3, 0.4) is 0 Å². The summed E-state index contributed by atoms with van der Waals surface area (Å²) in [6.07, 6.45) is 2.08. The van der Waals surface area contributed by atoms with Crippen LogP contribution in [-0.2, 0) is 11.3 Å². The molecule has 4 heteroatoms. The number of amides is 1. The van der Waals surface area contributed by atoms with E-state index in [1.165, 1.54) is 0 Å². The highest BCUT2D eigenvalue weighted by Crippen LogP contribution is 2.15. The summed E-state index contributed by atoms with van der Waals surface area (Å²) < 4.78 is 5.37. The van der Waals surface area contributed by atoms with Crippen LogP contribution < -0.4 is 4.74 Å². The number of ketones is 1. The molecule has 0 spiro atoms. The van der Waals surface area contributed by atoms with Crippen LogP contribution >= 0.6 is 0 Å². The third-order valence-corrected chi connectivity index (χ3v) is 3.97. The topological polar surface area (TPSA) is 46.6 Å². The zero-order valence-corrected chi connectivity index (χ0v) is 15.2. The largest absolute Gasteiger partial charge is 0.494 e. The number of ether oxygens (including phenoxy) is 1. The van der Waals surface area contributed by atoms with Gasteiger partial charge < -0.3 is 9.64 Å². The third-order valence-electron chi connectivity index (χ3n) is 3.97.